The largest absolute Gasteiger partial charge is 0.493 e. The van der Waals surface area contributed by atoms with Crippen LogP contribution in [-0.2, 0) is 10.0 Å². The van der Waals surface area contributed by atoms with Crippen molar-refractivity contribution in [2.75, 3.05) is 17.5 Å². The smallest absolute Gasteiger partial charge is 0.267 e. The van der Waals surface area contributed by atoms with Gasteiger partial charge in [-0.1, -0.05) is 28.9 Å². The molecule has 0 bridgehead atoms. The molecule has 2 heterocycles. The van der Waals surface area contributed by atoms with Crippen LogP contribution in [0.4, 0.5) is 5.82 Å². The monoisotopic (exact) mass is 435 g/mol. The number of aryl methyl sites for hydroxylation is 3. The molecular formula is C20H22ClN3O4S. The Balaban J connectivity index is 1.76. The van der Waals surface area contributed by atoms with Gasteiger partial charge in [-0.3, -0.25) is 0 Å². The SMILES string of the molecule is Cc1ccc(C)c(OCCCN(c2cc(C)on2)S(=O)(=O)c2ccc(Cl)nc2)c1. The van der Waals surface area contributed by atoms with Crippen LogP contribution in [0.5, 0.6) is 5.75 Å². The van der Waals surface area contributed by atoms with E-state index in [1.165, 1.54) is 22.6 Å². The summed E-state index contributed by atoms with van der Waals surface area (Å²) in [4.78, 5) is 3.90. The summed E-state index contributed by atoms with van der Waals surface area (Å²) in [5, 5.41) is 4.09. The summed E-state index contributed by atoms with van der Waals surface area (Å²) in [5.74, 6) is 1.52. The molecule has 154 valence electrons. The highest BCUT2D eigenvalue weighted by molar-refractivity contribution is 7.92. The molecule has 0 fully saturated rings. The molecule has 3 aromatic rings. The van der Waals surface area contributed by atoms with Crippen molar-refractivity contribution in [1.29, 1.82) is 0 Å². The number of rotatable bonds is 8. The topological polar surface area (TPSA) is 85.5 Å². The molecule has 0 saturated carbocycles. The van der Waals surface area contributed by atoms with Crippen molar-refractivity contribution < 1.29 is 17.7 Å². The van der Waals surface area contributed by atoms with Crippen molar-refractivity contribution >= 4 is 27.4 Å². The quantitative estimate of drug-likeness (QED) is 0.387. The molecule has 0 N–H and O–H groups in total. The van der Waals surface area contributed by atoms with Gasteiger partial charge in [0.05, 0.1) is 6.61 Å². The van der Waals surface area contributed by atoms with Crippen molar-refractivity contribution in [2.24, 2.45) is 0 Å². The zero-order valence-electron chi connectivity index (χ0n) is 16.4. The normalized spacial score (nSPS) is 11.4. The van der Waals surface area contributed by atoms with Crippen LogP contribution in [0.3, 0.4) is 0 Å². The molecule has 0 aliphatic carbocycles. The molecule has 0 amide bonds. The molecule has 3 rings (SSSR count). The Kier molecular flexibility index (Phi) is 6.44. The van der Waals surface area contributed by atoms with Crippen molar-refractivity contribution in [3.05, 3.63) is 64.6 Å². The number of ether oxygens (including phenoxy) is 1. The Hall–Kier alpha value is -2.58. The van der Waals surface area contributed by atoms with Gasteiger partial charge in [0.25, 0.3) is 10.0 Å². The summed E-state index contributed by atoms with van der Waals surface area (Å²) < 4.78 is 38.4. The second kappa shape index (κ2) is 8.84. The number of nitrogens with zero attached hydrogens (tertiary/aromatic N) is 3. The number of hydrogen-bond donors (Lipinski definition) is 0. The fourth-order valence-corrected chi connectivity index (χ4v) is 4.22. The first-order valence-corrected chi connectivity index (χ1v) is 10.9. The number of benzene rings is 1. The van der Waals surface area contributed by atoms with Gasteiger partial charge in [0, 0.05) is 25.2 Å². The predicted molar refractivity (Wildman–Crippen MR) is 111 cm³/mol. The van der Waals surface area contributed by atoms with Gasteiger partial charge in [-0.2, -0.15) is 0 Å². The van der Waals surface area contributed by atoms with Crippen LogP contribution in [0.25, 0.3) is 0 Å². The Morgan fingerprint density at radius 1 is 1.14 bits per heavy atom. The van der Waals surface area contributed by atoms with E-state index in [2.05, 4.69) is 10.1 Å². The molecule has 29 heavy (non-hydrogen) atoms. The van der Waals surface area contributed by atoms with Crippen molar-refractivity contribution in [2.45, 2.75) is 32.1 Å². The van der Waals surface area contributed by atoms with E-state index in [4.69, 9.17) is 20.9 Å². The number of halogens is 1. The summed E-state index contributed by atoms with van der Waals surface area (Å²) in [6.07, 6.45) is 1.68. The second-order valence-corrected chi connectivity index (χ2v) is 8.91. The lowest BCUT2D eigenvalue weighted by Crippen LogP contribution is -2.33. The van der Waals surface area contributed by atoms with E-state index >= 15 is 0 Å². The third kappa shape index (κ3) is 5.07. The van der Waals surface area contributed by atoms with E-state index in [1.807, 2.05) is 32.0 Å². The first-order valence-electron chi connectivity index (χ1n) is 9.05. The molecule has 0 atom stereocenters. The zero-order valence-corrected chi connectivity index (χ0v) is 18.0. The van der Waals surface area contributed by atoms with Crippen LogP contribution in [0.15, 0.2) is 52.0 Å². The zero-order chi connectivity index (χ0) is 21.0. The molecule has 0 radical (unpaired) electrons. The Labute approximate surface area is 175 Å². The maximum Gasteiger partial charge on any atom is 0.267 e. The lowest BCUT2D eigenvalue weighted by atomic mass is 10.1. The summed E-state index contributed by atoms with van der Waals surface area (Å²) in [6, 6.07) is 10.4. The van der Waals surface area contributed by atoms with Gasteiger partial charge < -0.3 is 9.26 Å². The molecule has 7 nitrogen and oxygen atoms in total. The average Bonchev–Trinajstić information content (AvgIpc) is 3.10. The highest BCUT2D eigenvalue weighted by atomic mass is 35.5. The fraction of sp³-hybridized carbons (Fsp3) is 0.300. The van der Waals surface area contributed by atoms with Gasteiger partial charge >= 0.3 is 0 Å². The van der Waals surface area contributed by atoms with E-state index in [9.17, 15) is 8.42 Å². The maximum atomic E-state index is 13.1. The standard InChI is InChI=1S/C20H22ClN3O4S/c1-14-5-6-15(2)18(11-14)27-10-4-9-24(20-12-16(3)28-23-20)29(25,26)17-7-8-19(21)22-13-17/h5-8,11-13H,4,9-10H2,1-3H3. The number of hydrogen-bond acceptors (Lipinski definition) is 6. The number of anilines is 1. The molecule has 9 heteroatoms. The van der Waals surface area contributed by atoms with Crippen molar-refractivity contribution in [1.82, 2.24) is 10.1 Å². The Morgan fingerprint density at radius 3 is 2.59 bits per heavy atom. The summed E-state index contributed by atoms with van der Waals surface area (Å²) >= 11 is 5.78. The highest BCUT2D eigenvalue weighted by Gasteiger charge is 2.27. The van der Waals surface area contributed by atoms with Crippen LogP contribution in [-0.4, -0.2) is 31.7 Å². The van der Waals surface area contributed by atoms with Gasteiger partial charge in [0.15, 0.2) is 5.82 Å². The first-order chi connectivity index (χ1) is 13.8. The highest BCUT2D eigenvalue weighted by Crippen LogP contribution is 2.24. The van der Waals surface area contributed by atoms with E-state index in [1.54, 1.807) is 13.0 Å². The van der Waals surface area contributed by atoms with Crippen LogP contribution in [0.2, 0.25) is 5.15 Å². The molecular weight excluding hydrogens is 414 g/mol. The van der Waals surface area contributed by atoms with Crippen molar-refractivity contribution in [3.63, 3.8) is 0 Å². The number of sulfonamides is 1. The molecule has 0 aliphatic rings. The second-order valence-electron chi connectivity index (χ2n) is 6.66. The first kappa shape index (κ1) is 21.1. The molecule has 2 aromatic heterocycles. The maximum absolute atomic E-state index is 13.1. The summed E-state index contributed by atoms with van der Waals surface area (Å²) in [7, 11) is -3.88. The van der Waals surface area contributed by atoms with E-state index in [0.717, 1.165) is 16.9 Å². The molecule has 0 unspecified atom stereocenters. The van der Waals surface area contributed by atoms with Gasteiger partial charge in [-0.25, -0.2) is 17.7 Å². The van der Waals surface area contributed by atoms with Gasteiger partial charge in [-0.15, -0.1) is 0 Å². The van der Waals surface area contributed by atoms with Crippen molar-refractivity contribution in [3.8, 4) is 5.75 Å². The fourth-order valence-electron chi connectivity index (χ4n) is 2.72. The van der Waals surface area contributed by atoms with Gasteiger partial charge in [-0.05, 0) is 50.1 Å². The van der Waals surface area contributed by atoms with E-state index < -0.39 is 10.0 Å². The molecule has 1 aromatic carbocycles. The molecule has 0 aliphatic heterocycles. The van der Waals surface area contributed by atoms with Crippen LogP contribution in [0, 0.1) is 20.8 Å². The van der Waals surface area contributed by atoms with Gasteiger partial charge in [0.2, 0.25) is 0 Å². The summed E-state index contributed by atoms with van der Waals surface area (Å²) in [6.45, 7) is 6.19. The minimum atomic E-state index is -3.88. The van der Waals surface area contributed by atoms with Gasteiger partial charge in [0.1, 0.15) is 21.6 Å². The third-order valence-corrected chi connectivity index (χ3v) is 6.28. The minimum Gasteiger partial charge on any atom is -0.493 e. The molecule has 0 saturated heterocycles. The Bertz CT molecular complexity index is 1080. The lowest BCUT2D eigenvalue weighted by molar-refractivity contribution is 0.311. The predicted octanol–water partition coefficient (Wildman–Crippen LogP) is 4.31. The van der Waals surface area contributed by atoms with Crippen LogP contribution in [0.1, 0.15) is 23.3 Å². The van der Waals surface area contributed by atoms with E-state index in [-0.39, 0.29) is 22.4 Å². The number of pyridine rings is 1. The average molecular weight is 436 g/mol. The summed E-state index contributed by atoms with van der Waals surface area (Å²) in [5.41, 5.74) is 2.13. The Morgan fingerprint density at radius 2 is 1.93 bits per heavy atom. The number of aromatic nitrogens is 2. The van der Waals surface area contributed by atoms with Crippen LogP contribution >= 0.6 is 11.6 Å². The third-order valence-electron chi connectivity index (χ3n) is 4.27. The minimum absolute atomic E-state index is 0.0259. The lowest BCUT2D eigenvalue weighted by Gasteiger charge is -2.21. The van der Waals surface area contributed by atoms with Crippen LogP contribution < -0.4 is 9.04 Å². The molecule has 0 spiro atoms. The van der Waals surface area contributed by atoms with E-state index in [0.29, 0.717) is 18.8 Å².